The number of nitriles is 1. The Morgan fingerprint density at radius 1 is 1.56 bits per heavy atom. The van der Waals surface area contributed by atoms with Crippen molar-refractivity contribution in [2.45, 2.75) is 13.3 Å². The Kier molecular flexibility index (Phi) is 4.51. The summed E-state index contributed by atoms with van der Waals surface area (Å²) in [6.07, 6.45) is 0.484. The van der Waals surface area contributed by atoms with Crippen molar-refractivity contribution in [2.75, 3.05) is 18.5 Å². The van der Waals surface area contributed by atoms with E-state index in [-0.39, 0.29) is 5.78 Å². The Morgan fingerprint density at radius 2 is 2.25 bits per heavy atom. The lowest BCUT2D eigenvalue weighted by atomic mass is 10.1. The number of benzene rings is 1. The number of hydrogen-bond donors (Lipinski definition) is 0. The minimum absolute atomic E-state index is 0.0481. The molecule has 0 heterocycles. The van der Waals surface area contributed by atoms with Crippen molar-refractivity contribution in [3.63, 3.8) is 0 Å². The predicted molar refractivity (Wildman–Crippen MR) is 67.6 cm³/mol. The number of anilines is 1. The van der Waals surface area contributed by atoms with Crippen LogP contribution in [0.3, 0.4) is 0 Å². The van der Waals surface area contributed by atoms with E-state index < -0.39 is 0 Å². The van der Waals surface area contributed by atoms with E-state index in [1.807, 2.05) is 18.0 Å². The molecule has 0 N–H and O–H groups in total. The molecule has 0 spiro atoms. The van der Waals surface area contributed by atoms with E-state index in [0.717, 1.165) is 10.2 Å². The van der Waals surface area contributed by atoms with Gasteiger partial charge < -0.3 is 4.90 Å². The second-order valence-corrected chi connectivity index (χ2v) is 4.41. The Morgan fingerprint density at radius 3 is 2.75 bits per heavy atom. The second-order valence-electron chi connectivity index (χ2n) is 3.55. The summed E-state index contributed by atoms with van der Waals surface area (Å²) in [5.74, 6) is 0.0481. The van der Waals surface area contributed by atoms with Gasteiger partial charge in [-0.15, -0.1) is 0 Å². The van der Waals surface area contributed by atoms with Crippen LogP contribution in [0.4, 0.5) is 5.69 Å². The molecular formula is C12H13BrN2O. The average Bonchev–Trinajstić information content (AvgIpc) is 2.25. The predicted octanol–water partition coefficient (Wildman–Crippen LogP) is 3.00. The highest BCUT2D eigenvalue weighted by Gasteiger charge is 2.08. The molecule has 0 atom stereocenters. The van der Waals surface area contributed by atoms with Crippen molar-refractivity contribution in [3.8, 4) is 6.07 Å². The van der Waals surface area contributed by atoms with Gasteiger partial charge >= 0.3 is 0 Å². The van der Waals surface area contributed by atoms with E-state index in [0.29, 0.717) is 18.5 Å². The Labute approximate surface area is 104 Å². The zero-order valence-corrected chi connectivity index (χ0v) is 10.9. The minimum atomic E-state index is 0.0481. The number of carbonyl (C=O) groups is 1. The molecule has 1 aromatic carbocycles. The SMILES string of the molecule is CC(=O)c1ccc(N(C)CCC#N)c(Br)c1. The van der Waals surface area contributed by atoms with Crippen LogP contribution in [0.15, 0.2) is 22.7 Å². The first kappa shape index (κ1) is 12.7. The first-order chi connectivity index (χ1) is 7.56. The highest BCUT2D eigenvalue weighted by atomic mass is 79.9. The maximum atomic E-state index is 11.2. The van der Waals surface area contributed by atoms with Gasteiger partial charge in [-0.2, -0.15) is 5.26 Å². The third-order valence-corrected chi connectivity index (χ3v) is 2.96. The maximum absolute atomic E-state index is 11.2. The molecular weight excluding hydrogens is 268 g/mol. The zero-order valence-electron chi connectivity index (χ0n) is 9.33. The molecule has 84 valence electrons. The Hall–Kier alpha value is -1.34. The van der Waals surface area contributed by atoms with E-state index in [4.69, 9.17) is 5.26 Å². The van der Waals surface area contributed by atoms with Gasteiger partial charge in [-0.3, -0.25) is 4.79 Å². The summed E-state index contributed by atoms with van der Waals surface area (Å²) in [5, 5.41) is 8.52. The third-order valence-electron chi connectivity index (χ3n) is 2.32. The van der Waals surface area contributed by atoms with Crippen molar-refractivity contribution in [2.24, 2.45) is 0 Å². The van der Waals surface area contributed by atoms with Crippen molar-refractivity contribution in [1.82, 2.24) is 0 Å². The van der Waals surface area contributed by atoms with Crippen LogP contribution in [0, 0.1) is 11.3 Å². The molecule has 0 aliphatic carbocycles. The normalized spacial score (nSPS) is 9.62. The van der Waals surface area contributed by atoms with Crippen LogP contribution in [0.5, 0.6) is 0 Å². The van der Waals surface area contributed by atoms with Gasteiger partial charge in [-0.1, -0.05) is 0 Å². The van der Waals surface area contributed by atoms with Crippen LogP contribution < -0.4 is 4.90 Å². The van der Waals surface area contributed by atoms with E-state index in [1.54, 1.807) is 19.1 Å². The molecule has 0 unspecified atom stereocenters. The number of Topliss-reactive ketones (excluding diaryl/α,β-unsaturated/α-hetero) is 1. The molecule has 0 fully saturated rings. The Bertz CT molecular complexity index is 437. The topological polar surface area (TPSA) is 44.1 Å². The van der Waals surface area contributed by atoms with Crippen LogP contribution in [0.2, 0.25) is 0 Å². The van der Waals surface area contributed by atoms with Gasteiger partial charge in [0.25, 0.3) is 0 Å². The van der Waals surface area contributed by atoms with Crippen molar-refractivity contribution in [1.29, 1.82) is 5.26 Å². The summed E-state index contributed by atoms with van der Waals surface area (Å²) in [6, 6.07) is 7.60. The van der Waals surface area contributed by atoms with E-state index in [1.165, 1.54) is 0 Å². The molecule has 0 aliphatic rings. The highest BCUT2D eigenvalue weighted by Crippen LogP contribution is 2.26. The zero-order chi connectivity index (χ0) is 12.1. The van der Waals surface area contributed by atoms with Crippen molar-refractivity contribution in [3.05, 3.63) is 28.2 Å². The summed E-state index contributed by atoms with van der Waals surface area (Å²) in [5.41, 5.74) is 1.67. The number of rotatable bonds is 4. The first-order valence-electron chi connectivity index (χ1n) is 4.95. The largest absolute Gasteiger partial charge is 0.373 e. The minimum Gasteiger partial charge on any atom is -0.373 e. The average molecular weight is 281 g/mol. The maximum Gasteiger partial charge on any atom is 0.159 e. The Balaban J connectivity index is 2.91. The fraction of sp³-hybridized carbons (Fsp3) is 0.333. The number of ketones is 1. The molecule has 0 aliphatic heterocycles. The van der Waals surface area contributed by atoms with Gasteiger partial charge in [0.1, 0.15) is 0 Å². The number of hydrogen-bond acceptors (Lipinski definition) is 3. The van der Waals surface area contributed by atoms with E-state index >= 15 is 0 Å². The van der Waals surface area contributed by atoms with Crippen LogP contribution in [0.1, 0.15) is 23.7 Å². The highest BCUT2D eigenvalue weighted by molar-refractivity contribution is 9.10. The molecule has 1 aromatic rings. The van der Waals surface area contributed by atoms with Crippen LogP contribution in [-0.2, 0) is 0 Å². The first-order valence-corrected chi connectivity index (χ1v) is 5.74. The standard InChI is InChI=1S/C12H13BrN2O/c1-9(16)10-4-5-12(11(13)8-10)15(2)7-3-6-14/h4-5,8H,3,7H2,1-2H3. The number of halogens is 1. The van der Waals surface area contributed by atoms with Gasteiger partial charge in [-0.25, -0.2) is 0 Å². The molecule has 0 saturated carbocycles. The number of nitrogens with zero attached hydrogens (tertiary/aromatic N) is 2. The molecule has 0 radical (unpaired) electrons. The number of carbonyl (C=O) groups excluding carboxylic acids is 1. The third kappa shape index (κ3) is 3.07. The molecule has 0 saturated heterocycles. The monoisotopic (exact) mass is 280 g/mol. The molecule has 0 aromatic heterocycles. The van der Waals surface area contributed by atoms with Crippen LogP contribution >= 0.6 is 15.9 Å². The van der Waals surface area contributed by atoms with Gasteiger partial charge in [0.05, 0.1) is 18.2 Å². The molecule has 16 heavy (non-hydrogen) atoms. The molecule has 3 nitrogen and oxygen atoms in total. The van der Waals surface area contributed by atoms with E-state index in [9.17, 15) is 4.79 Å². The fourth-order valence-electron chi connectivity index (χ4n) is 1.37. The van der Waals surface area contributed by atoms with Gasteiger partial charge in [-0.05, 0) is 41.1 Å². The van der Waals surface area contributed by atoms with Gasteiger partial charge in [0.15, 0.2) is 5.78 Å². The second kappa shape index (κ2) is 5.66. The smallest absolute Gasteiger partial charge is 0.159 e. The summed E-state index contributed by atoms with van der Waals surface area (Å²) in [6.45, 7) is 2.22. The van der Waals surface area contributed by atoms with Crippen molar-refractivity contribution >= 4 is 27.4 Å². The van der Waals surface area contributed by atoms with Crippen LogP contribution in [-0.4, -0.2) is 19.4 Å². The van der Waals surface area contributed by atoms with Crippen molar-refractivity contribution < 1.29 is 4.79 Å². The quantitative estimate of drug-likeness (QED) is 0.797. The lowest BCUT2D eigenvalue weighted by Gasteiger charge is -2.19. The molecule has 0 amide bonds. The molecule has 0 bridgehead atoms. The van der Waals surface area contributed by atoms with E-state index in [2.05, 4.69) is 22.0 Å². The molecule has 1 rings (SSSR count). The van der Waals surface area contributed by atoms with Gasteiger partial charge in [0, 0.05) is 23.6 Å². The summed E-state index contributed by atoms with van der Waals surface area (Å²) < 4.78 is 0.876. The molecule has 4 heteroatoms. The lowest BCUT2D eigenvalue weighted by molar-refractivity contribution is 0.101. The van der Waals surface area contributed by atoms with Crippen LogP contribution in [0.25, 0.3) is 0 Å². The summed E-state index contributed by atoms with van der Waals surface area (Å²) in [4.78, 5) is 13.2. The lowest BCUT2D eigenvalue weighted by Crippen LogP contribution is -2.18. The fourth-order valence-corrected chi connectivity index (χ4v) is 2.06. The van der Waals surface area contributed by atoms with Gasteiger partial charge in [0.2, 0.25) is 0 Å². The summed E-state index contributed by atoms with van der Waals surface area (Å²) >= 11 is 3.43. The summed E-state index contributed by atoms with van der Waals surface area (Å²) in [7, 11) is 1.92.